The first-order valence-electron chi connectivity index (χ1n) is 7.27. The molecule has 1 N–H and O–H groups in total. The van der Waals surface area contributed by atoms with Gasteiger partial charge in [-0.2, -0.15) is 0 Å². The van der Waals surface area contributed by atoms with Crippen LogP contribution in [0, 0.1) is 0 Å². The third kappa shape index (κ3) is 2.86. The number of aromatic nitrogens is 1. The molecule has 6 nitrogen and oxygen atoms in total. The quantitative estimate of drug-likeness (QED) is 0.905. The molecule has 2 heterocycles. The van der Waals surface area contributed by atoms with Crippen molar-refractivity contribution >= 4 is 26.8 Å². The molecule has 2 aromatic rings. The Hall–Kier alpha value is -1.86. The monoisotopic (exact) mass is 321 g/mol. The van der Waals surface area contributed by atoms with Crippen molar-refractivity contribution in [3.63, 3.8) is 0 Å². The van der Waals surface area contributed by atoms with Gasteiger partial charge >= 0.3 is 0 Å². The molecule has 7 heteroatoms. The molecule has 0 bridgehead atoms. The van der Waals surface area contributed by atoms with Crippen LogP contribution in [0.3, 0.4) is 0 Å². The predicted molar refractivity (Wildman–Crippen MR) is 85.2 cm³/mol. The molecule has 1 aliphatic heterocycles. The minimum Gasteiger partial charge on any atom is -0.360 e. The first-order valence-corrected chi connectivity index (χ1v) is 9.12. The molecule has 1 aliphatic rings. The van der Waals surface area contributed by atoms with E-state index in [1.165, 1.54) is 10.6 Å². The lowest BCUT2D eigenvalue weighted by atomic mass is 10.1. The molecule has 1 aromatic carbocycles. The summed E-state index contributed by atoms with van der Waals surface area (Å²) in [4.78, 5) is 17.6. The summed E-state index contributed by atoms with van der Waals surface area (Å²) in [6.07, 6.45) is 3.59. The SMILES string of the molecule is CS(=O)(=O)N1CCCN(C(=O)c2c[nH]c3ccccc23)CC1. The number of nitrogens with one attached hydrogen (secondary N) is 1. The number of hydrogen-bond acceptors (Lipinski definition) is 3. The minimum atomic E-state index is -3.20. The molecule has 22 heavy (non-hydrogen) atoms. The standard InChI is InChI=1S/C15H19N3O3S/c1-22(20,21)18-8-4-7-17(9-10-18)15(19)13-11-16-14-6-3-2-5-12(13)14/h2-3,5-6,11,16H,4,7-10H2,1H3. The molecule has 1 saturated heterocycles. The van der Waals surface area contributed by atoms with Crippen LogP contribution in [0.15, 0.2) is 30.5 Å². The molecule has 0 atom stereocenters. The van der Waals surface area contributed by atoms with Crippen molar-refractivity contribution < 1.29 is 13.2 Å². The minimum absolute atomic E-state index is 0.0483. The molecule has 0 saturated carbocycles. The van der Waals surface area contributed by atoms with E-state index in [4.69, 9.17) is 0 Å². The van der Waals surface area contributed by atoms with Crippen LogP contribution in [-0.2, 0) is 10.0 Å². The van der Waals surface area contributed by atoms with Gasteiger partial charge in [0.2, 0.25) is 10.0 Å². The van der Waals surface area contributed by atoms with Crippen LogP contribution in [0.2, 0.25) is 0 Å². The Kier molecular flexibility index (Phi) is 3.92. The number of rotatable bonds is 2. The smallest absolute Gasteiger partial charge is 0.256 e. The summed E-state index contributed by atoms with van der Waals surface area (Å²) in [7, 11) is -3.20. The van der Waals surface area contributed by atoms with E-state index in [0.29, 0.717) is 38.2 Å². The van der Waals surface area contributed by atoms with Gasteiger partial charge in [-0.1, -0.05) is 18.2 Å². The maximum Gasteiger partial charge on any atom is 0.256 e. The second-order valence-electron chi connectivity index (χ2n) is 5.56. The molecular weight excluding hydrogens is 302 g/mol. The van der Waals surface area contributed by atoms with Gasteiger partial charge in [-0.25, -0.2) is 12.7 Å². The van der Waals surface area contributed by atoms with E-state index in [9.17, 15) is 13.2 Å². The third-order valence-corrected chi connectivity index (χ3v) is 5.33. The average molecular weight is 321 g/mol. The zero-order chi connectivity index (χ0) is 15.7. The van der Waals surface area contributed by atoms with Crippen LogP contribution in [0.5, 0.6) is 0 Å². The van der Waals surface area contributed by atoms with Crippen molar-refractivity contribution in [3.05, 3.63) is 36.0 Å². The maximum absolute atomic E-state index is 12.7. The molecule has 1 aromatic heterocycles. The topological polar surface area (TPSA) is 73.5 Å². The van der Waals surface area contributed by atoms with Gasteiger partial charge in [0, 0.05) is 43.3 Å². The Morgan fingerprint density at radius 1 is 1.14 bits per heavy atom. The number of amides is 1. The van der Waals surface area contributed by atoms with Crippen molar-refractivity contribution in [2.45, 2.75) is 6.42 Å². The Bertz CT molecular complexity index is 797. The Balaban J connectivity index is 1.81. The Morgan fingerprint density at radius 2 is 1.91 bits per heavy atom. The number of benzene rings is 1. The van der Waals surface area contributed by atoms with Gasteiger partial charge in [0.1, 0.15) is 0 Å². The number of carbonyl (C=O) groups is 1. The van der Waals surface area contributed by atoms with Crippen LogP contribution in [0.1, 0.15) is 16.8 Å². The summed E-state index contributed by atoms with van der Waals surface area (Å²) in [5.74, 6) is -0.0483. The lowest BCUT2D eigenvalue weighted by Gasteiger charge is -2.20. The highest BCUT2D eigenvalue weighted by atomic mass is 32.2. The van der Waals surface area contributed by atoms with Gasteiger partial charge in [-0.15, -0.1) is 0 Å². The average Bonchev–Trinajstić information content (AvgIpc) is 2.73. The number of nitrogens with zero attached hydrogens (tertiary/aromatic N) is 2. The van der Waals surface area contributed by atoms with Crippen LogP contribution < -0.4 is 0 Å². The van der Waals surface area contributed by atoms with E-state index in [1.807, 2.05) is 24.3 Å². The Morgan fingerprint density at radius 3 is 2.68 bits per heavy atom. The van der Waals surface area contributed by atoms with E-state index in [1.54, 1.807) is 11.1 Å². The van der Waals surface area contributed by atoms with Gasteiger partial charge in [0.15, 0.2) is 0 Å². The van der Waals surface area contributed by atoms with E-state index in [0.717, 1.165) is 10.9 Å². The zero-order valence-electron chi connectivity index (χ0n) is 12.4. The summed E-state index contributed by atoms with van der Waals surface area (Å²) in [5, 5.41) is 0.900. The lowest BCUT2D eigenvalue weighted by molar-refractivity contribution is 0.0766. The zero-order valence-corrected chi connectivity index (χ0v) is 13.3. The summed E-state index contributed by atoms with van der Waals surface area (Å²) < 4.78 is 24.7. The molecular formula is C15H19N3O3S. The normalized spacial score (nSPS) is 17.6. The predicted octanol–water partition coefficient (Wildman–Crippen LogP) is 1.28. The number of aromatic amines is 1. The van der Waals surface area contributed by atoms with Crippen molar-refractivity contribution in [1.29, 1.82) is 0 Å². The highest BCUT2D eigenvalue weighted by Crippen LogP contribution is 2.20. The van der Waals surface area contributed by atoms with Crippen LogP contribution >= 0.6 is 0 Å². The summed E-state index contributed by atoms with van der Waals surface area (Å²) in [5.41, 5.74) is 1.57. The maximum atomic E-state index is 12.7. The fraction of sp³-hybridized carbons (Fsp3) is 0.400. The molecule has 118 valence electrons. The number of fused-ring (bicyclic) bond motifs is 1. The third-order valence-electron chi connectivity index (χ3n) is 4.03. The fourth-order valence-electron chi connectivity index (χ4n) is 2.85. The number of sulfonamides is 1. The van der Waals surface area contributed by atoms with Gasteiger partial charge in [-0.05, 0) is 12.5 Å². The largest absolute Gasteiger partial charge is 0.360 e. The second kappa shape index (κ2) is 5.73. The summed E-state index contributed by atoms with van der Waals surface area (Å²) in [6.45, 7) is 1.82. The molecule has 0 radical (unpaired) electrons. The van der Waals surface area contributed by atoms with Crippen molar-refractivity contribution in [3.8, 4) is 0 Å². The second-order valence-corrected chi connectivity index (χ2v) is 7.54. The van der Waals surface area contributed by atoms with E-state index < -0.39 is 10.0 Å². The number of hydrogen-bond donors (Lipinski definition) is 1. The van der Waals surface area contributed by atoms with Gasteiger partial charge < -0.3 is 9.88 Å². The van der Waals surface area contributed by atoms with Gasteiger partial charge in [0.05, 0.1) is 11.8 Å². The number of carbonyl (C=O) groups excluding carboxylic acids is 1. The Labute approximate surface area is 129 Å². The van der Waals surface area contributed by atoms with Gasteiger partial charge in [0.25, 0.3) is 5.91 Å². The number of para-hydroxylation sites is 1. The highest BCUT2D eigenvalue weighted by molar-refractivity contribution is 7.88. The van der Waals surface area contributed by atoms with Gasteiger partial charge in [-0.3, -0.25) is 4.79 Å². The molecule has 1 fully saturated rings. The highest BCUT2D eigenvalue weighted by Gasteiger charge is 2.25. The van der Waals surface area contributed by atoms with Crippen LogP contribution in [0.25, 0.3) is 10.9 Å². The van der Waals surface area contributed by atoms with Crippen molar-refractivity contribution in [2.24, 2.45) is 0 Å². The summed E-state index contributed by atoms with van der Waals surface area (Å²) >= 11 is 0. The molecule has 3 rings (SSSR count). The molecule has 0 unspecified atom stereocenters. The van der Waals surface area contributed by atoms with Crippen molar-refractivity contribution in [2.75, 3.05) is 32.4 Å². The van der Waals surface area contributed by atoms with E-state index in [2.05, 4.69) is 4.98 Å². The molecule has 1 amide bonds. The fourth-order valence-corrected chi connectivity index (χ4v) is 3.72. The summed E-state index contributed by atoms with van der Waals surface area (Å²) in [6, 6.07) is 7.67. The van der Waals surface area contributed by atoms with Crippen LogP contribution in [-0.4, -0.2) is 60.9 Å². The van der Waals surface area contributed by atoms with E-state index >= 15 is 0 Å². The first kappa shape index (κ1) is 15.1. The first-order chi connectivity index (χ1) is 10.5. The number of H-pyrrole nitrogens is 1. The van der Waals surface area contributed by atoms with Crippen molar-refractivity contribution in [1.82, 2.24) is 14.2 Å². The van der Waals surface area contributed by atoms with Crippen LogP contribution in [0.4, 0.5) is 0 Å². The van der Waals surface area contributed by atoms with E-state index in [-0.39, 0.29) is 5.91 Å². The molecule has 0 aliphatic carbocycles. The molecule has 0 spiro atoms. The lowest BCUT2D eigenvalue weighted by Crippen LogP contribution is -2.36.